The standard InChI is InChI=1S/C12H20N4O/c13-12-14-8-10(16-12)6-3-7-11(17)15-9-4-1-2-5-9/h8-9H,1-7H2,(H,15,17)(H3,13,14,16). The van der Waals surface area contributed by atoms with E-state index in [0.29, 0.717) is 18.4 Å². The zero-order chi connectivity index (χ0) is 12.1. The van der Waals surface area contributed by atoms with Gasteiger partial charge in [0.25, 0.3) is 0 Å². The molecule has 1 amide bonds. The fraction of sp³-hybridized carbons (Fsp3) is 0.667. The summed E-state index contributed by atoms with van der Waals surface area (Å²) in [5.41, 5.74) is 6.47. The monoisotopic (exact) mass is 236 g/mol. The van der Waals surface area contributed by atoms with Crippen molar-refractivity contribution in [3.05, 3.63) is 11.9 Å². The number of amides is 1. The van der Waals surface area contributed by atoms with Crippen LogP contribution in [0.5, 0.6) is 0 Å². The average Bonchev–Trinajstić information content (AvgIpc) is 2.90. The van der Waals surface area contributed by atoms with Crippen LogP contribution in [0, 0.1) is 0 Å². The van der Waals surface area contributed by atoms with Gasteiger partial charge in [-0.3, -0.25) is 4.79 Å². The molecule has 0 spiro atoms. The highest BCUT2D eigenvalue weighted by Gasteiger charge is 2.16. The third kappa shape index (κ3) is 3.76. The van der Waals surface area contributed by atoms with Gasteiger partial charge in [-0.1, -0.05) is 12.8 Å². The Morgan fingerprint density at radius 3 is 2.94 bits per heavy atom. The minimum atomic E-state index is 0.171. The Morgan fingerprint density at radius 1 is 1.53 bits per heavy atom. The number of nitrogens with one attached hydrogen (secondary N) is 2. The Bertz CT molecular complexity index is 368. The molecule has 1 saturated carbocycles. The first-order valence-electron chi connectivity index (χ1n) is 6.33. The van der Waals surface area contributed by atoms with E-state index in [0.717, 1.165) is 31.4 Å². The van der Waals surface area contributed by atoms with E-state index >= 15 is 0 Å². The molecule has 0 radical (unpaired) electrons. The van der Waals surface area contributed by atoms with Crippen LogP contribution in [0.1, 0.15) is 44.2 Å². The maximum absolute atomic E-state index is 11.6. The number of imidazole rings is 1. The summed E-state index contributed by atoms with van der Waals surface area (Å²) in [6, 6.07) is 0.422. The second-order valence-electron chi connectivity index (χ2n) is 4.70. The zero-order valence-corrected chi connectivity index (χ0v) is 10.0. The molecule has 5 nitrogen and oxygen atoms in total. The van der Waals surface area contributed by atoms with Crippen molar-refractivity contribution < 1.29 is 4.79 Å². The summed E-state index contributed by atoms with van der Waals surface area (Å²) in [5.74, 6) is 0.611. The first-order valence-corrected chi connectivity index (χ1v) is 6.33. The summed E-state index contributed by atoms with van der Waals surface area (Å²) in [5, 5.41) is 3.08. The third-order valence-corrected chi connectivity index (χ3v) is 3.22. The highest BCUT2D eigenvalue weighted by Crippen LogP contribution is 2.17. The van der Waals surface area contributed by atoms with Crippen LogP contribution in [0.15, 0.2) is 6.20 Å². The molecule has 0 aromatic carbocycles. The number of hydrogen-bond donors (Lipinski definition) is 3. The number of aromatic amines is 1. The van der Waals surface area contributed by atoms with E-state index in [1.54, 1.807) is 6.20 Å². The lowest BCUT2D eigenvalue weighted by molar-refractivity contribution is -0.121. The lowest BCUT2D eigenvalue weighted by Crippen LogP contribution is -2.32. The SMILES string of the molecule is Nc1ncc(CCCC(=O)NC2CCCC2)[nH]1. The fourth-order valence-electron chi connectivity index (χ4n) is 2.31. The molecule has 94 valence electrons. The van der Waals surface area contributed by atoms with Gasteiger partial charge < -0.3 is 16.0 Å². The lowest BCUT2D eigenvalue weighted by atomic mass is 10.2. The molecule has 0 bridgehead atoms. The summed E-state index contributed by atoms with van der Waals surface area (Å²) in [6.07, 6.45) is 8.74. The van der Waals surface area contributed by atoms with E-state index in [2.05, 4.69) is 15.3 Å². The molecule has 1 aliphatic rings. The Hall–Kier alpha value is -1.52. The van der Waals surface area contributed by atoms with Gasteiger partial charge in [-0.25, -0.2) is 4.98 Å². The molecule has 1 fully saturated rings. The second kappa shape index (κ2) is 5.70. The van der Waals surface area contributed by atoms with Crippen LogP contribution in [-0.4, -0.2) is 21.9 Å². The largest absolute Gasteiger partial charge is 0.369 e. The normalized spacial score (nSPS) is 16.2. The molecular weight excluding hydrogens is 216 g/mol. The predicted octanol–water partition coefficient (Wildman–Crippen LogP) is 1.37. The molecule has 0 saturated heterocycles. The molecule has 0 unspecified atom stereocenters. The number of rotatable bonds is 5. The zero-order valence-electron chi connectivity index (χ0n) is 10.0. The Morgan fingerprint density at radius 2 is 2.29 bits per heavy atom. The third-order valence-electron chi connectivity index (χ3n) is 3.22. The van der Waals surface area contributed by atoms with Crippen molar-refractivity contribution >= 4 is 11.9 Å². The summed E-state index contributed by atoms with van der Waals surface area (Å²) in [6.45, 7) is 0. The lowest BCUT2D eigenvalue weighted by Gasteiger charge is -2.11. The molecule has 5 heteroatoms. The van der Waals surface area contributed by atoms with Gasteiger partial charge in [0.1, 0.15) is 0 Å². The molecule has 0 atom stereocenters. The molecular formula is C12H20N4O. The second-order valence-corrected chi connectivity index (χ2v) is 4.70. The molecule has 2 rings (SSSR count). The Labute approximate surface area is 101 Å². The topological polar surface area (TPSA) is 83.8 Å². The average molecular weight is 236 g/mol. The summed E-state index contributed by atoms with van der Waals surface area (Å²) in [7, 11) is 0. The first-order chi connectivity index (χ1) is 8.24. The number of nitrogens with zero attached hydrogens (tertiary/aromatic N) is 1. The van der Waals surface area contributed by atoms with E-state index < -0.39 is 0 Å². The molecule has 17 heavy (non-hydrogen) atoms. The van der Waals surface area contributed by atoms with E-state index in [1.165, 1.54) is 12.8 Å². The van der Waals surface area contributed by atoms with E-state index in [4.69, 9.17) is 5.73 Å². The van der Waals surface area contributed by atoms with Gasteiger partial charge in [0.05, 0.1) is 6.20 Å². The van der Waals surface area contributed by atoms with Crippen LogP contribution in [0.3, 0.4) is 0 Å². The molecule has 4 N–H and O–H groups in total. The van der Waals surface area contributed by atoms with Crippen molar-refractivity contribution in [2.45, 2.75) is 51.0 Å². The highest BCUT2D eigenvalue weighted by atomic mass is 16.1. The molecule has 1 aliphatic carbocycles. The van der Waals surface area contributed by atoms with Gasteiger partial charge in [0.2, 0.25) is 5.91 Å². The van der Waals surface area contributed by atoms with Crippen LogP contribution < -0.4 is 11.1 Å². The number of anilines is 1. The number of carbonyl (C=O) groups excluding carboxylic acids is 1. The summed E-state index contributed by atoms with van der Waals surface area (Å²) >= 11 is 0. The minimum Gasteiger partial charge on any atom is -0.369 e. The first kappa shape index (κ1) is 12.0. The minimum absolute atomic E-state index is 0.171. The molecule has 1 heterocycles. The predicted molar refractivity (Wildman–Crippen MR) is 66.3 cm³/mol. The van der Waals surface area contributed by atoms with Gasteiger partial charge in [-0.2, -0.15) is 0 Å². The van der Waals surface area contributed by atoms with Crippen molar-refractivity contribution in [1.29, 1.82) is 0 Å². The fourth-order valence-corrected chi connectivity index (χ4v) is 2.31. The van der Waals surface area contributed by atoms with Crippen LogP contribution in [0.4, 0.5) is 5.95 Å². The quantitative estimate of drug-likeness (QED) is 0.722. The van der Waals surface area contributed by atoms with E-state index in [-0.39, 0.29) is 5.91 Å². The van der Waals surface area contributed by atoms with Gasteiger partial charge in [0, 0.05) is 18.2 Å². The number of nitrogen functional groups attached to an aromatic ring is 1. The van der Waals surface area contributed by atoms with Gasteiger partial charge in [-0.15, -0.1) is 0 Å². The highest BCUT2D eigenvalue weighted by molar-refractivity contribution is 5.76. The molecule has 0 aliphatic heterocycles. The van der Waals surface area contributed by atoms with Crippen LogP contribution in [-0.2, 0) is 11.2 Å². The van der Waals surface area contributed by atoms with E-state index in [9.17, 15) is 4.79 Å². The van der Waals surface area contributed by atoms with Crippen molar-refractivity contribution in [3.63, 3.8) is 0 Å². The number of carbonyl (C=O) groups is 1. The Kier molecular flexibility index (Phi) is 4.01. The van der Waals surface area contributed by atoms with Gasteiger partial charge in [-0.05, 0) is 25.7 Å². The van der Waals surface area contributed by atoms with Crippen molar-refractivity contribution in [2.75, 3.05) is 5.73 Å². The molecule has 1 aromatic rings. The van der Waals surface area contributed by atoms with Gasteiger partial charge in [0.15, 0.2) is 5.95 Å². The van der Waals surface area contributed by atoms with Crippen LogP contribution in [0.2, 0.25) is 0 Å². The number of H-pyrrole nitrogens is 1. The number of nitrogens with two attached hydrogens (primary N) is 1. The number of aromatic nitrogens is 2. The summed E-state index contributed by atoms with van der Waals surface area (Å²) < 4.78 is 0. The van der Waals surface area contributed by atoms with Crippen molar-refractivity contribution in [1.82, 2.24) is 15.3 Å². The van der Waals surface area contributed by atoms with E-state index in [1.807, 2.05) is 0 Å². The maximum atomic E-state index is 11.6. The molecule has 1 aromatic heterocycles. The smallest absolute Gasteiger partial charge is 0.220 e. The van der Waals surface area contributed by atoms with Crippen molar-refractivity contribution in [3.8, 4) is 0 Å². The number of hydrogen-bond acceptors (Lipinski definition) is 3. The maximum Gasteiger partial charge on any atom is 0.220 e. The van der Waals surface area contributed by atoms with Crippen LogP contribution in [0.25, 0.3) is 0 Å². The Balaban J connectivity index is 1.62. The van der Waals surface area contributed by atoms with Crippen LogP contribution >= 0.6 is 0 Å². The summed E-state index contributed by atoms with van der Waals surface area (Å²) in [4.78, 5) is 18.5. The van der Waals surface area contributed by atoms with Crippen molar-refractivity contribution in [2.24, 2.45) is 0 Å². The number of aryl methyl sites for hydroxylation is 1. The van der Waals surface area contributed by atoms with Gasteiger partial charge >= 0.3 is 0 Å².